The fourth-order valence-electron chi connectivity index (χ4n) is 1.46. The van der Waals surface area contributed by atoms with Gasteiger partial charge in [-0.15, -0.1) is 0 Å². The summed E-state index contributed by atoms with van der Waals surface area (Å²) >= 11 is 0. The molecule has 98 valence electrons. The molecular weight excluding hydrogens is 232 g/mol. The van der Waals surface area contributed by atoms with Gasteiger partial charge in [-0.1, -0.05) is 17.7 Å². The summed E-state index contributed by atoms with van der Waals surface area (Å²) in [5.74, 6) is -0.293. The van der Waals surface area contributed by atoms with E-state index in [2.05, 4.69) is 5.32 Å². The minimum Gasteiger partial charge on any atom is -0.484 e. The Morgan fingerprint density at radius 1 is 1.39 bits per heavy atom. The number of hydrogen-bond acceptors (Lipinski definition) is 3. The summed E-state index contributed by atoms with van der Waals surface area (Å²) in [6.07, 6.45) is 0. The van der Waals surface area contributed by atoms with Gasteiger partial charge in [0.1, 0.15) is 11.8 Å². The largest absolute Gasteiger partial charge is 0.484 e. The molecular formula is C13H18N2O3. The summed E-state index contributed by atoms with van der Waals surface area (Å²) < 4.78 is 5.37. The van der Waals surface area contributed by atoms with Gasteiger partial charge in [-0.05, 0) is 32.4 Å². The van der Waals surface area contributed by atoms with Gasteiger partial charge in [0.2, 0.25) is 5.91 Å². The first-order valence-corrected chi connectivity index (χ1v) is 5.69. The van der Waals surface area contributed by atoms with Crippen molar-refractivity contribution in [3.05, 3.63) is 29.3 Å². The number of amides is 2. The van der Waals surface area contributed by atoms with Gasteiger partial charge >= 0.3 is 0 Å². The van der Waals surface area contributed by atoms with Crippen molar-refractivity contribution >= 4 is 11.8 Å². The van der Waals surface area contributed by atoms with Crippen molar-refractivity contribution in [2.24, 2.45) is 5.73 Å². The van der Waals surface area contributed by atoms with Crippen LogP contribution >= 0.6 is 0 Å². The molecule has 3 N–H and O–H groups in total. The Bertz CT molecular complexity index is 458. The first-order valence-electron chi connectivity index (χ1n) is 5.69. The third kappa shape index (κ3) is 4.08. The summed E-state index contributed by atoms with van der Waals surface area (Å²) in [6.45, 7) is 5.28. The van der Waals surface area contributed by atoms with Crippen molar-refractivity contribution in [3.8, 4) is 5.75 Å². The predicted octanol–water partition coefficient (Wildman–Crippen LogP) is 0.672. The third-order valence-electron chi connectivity index (χ3n) is 2.49. The summed E-state index contributed by atoms with van der Waals surface area (Å²) in [5.41, 5.74) is 7.13. The van der Waals surface area contributed by atoms with Gasteiger partial charge in [0.15, 0.2) is 6.61 Å². The number of aryl methyl sites for hydroxylation is 2. The number of benzene rings is 1. The topological polar surface area (TPSA) is 81.4 Å². The van der Waals surface area contributed by atoms with Crippen LogP contribution in [0.2, 0.25) is 0 Å². The maximum Gasteiger partial charge on any atom is 0.258 e. The molecule has 18 heavy (non-hydrogen) atoms. The van der Waals surface area contributed by atoms with E-state index in [0.717, 1.165) is 11.1 Å². The van der Waals surface area contributed by atoms with Crippen molar-refractivity contribution in [3.63, 3.8) is 0 Å². The van der Waals surface area contributed by atoms with E-state index in [-0.39, 0.29) is 12.5 Å². The van der Waals surface area contributed by atoms with Crippen molar-refractivity contribution in [2.75, 3.05) is 6.61 Å². The average Bonchev–Trinajstić information content (AvgIpc) is 2.27. The van der Waals surface area contributed by atoms with Crippen LogP contribution in [0.5, 0.6) is 5.75 Å². The molecule has 0 heterocycles. The van der Waals surface area contributed by atoms with Crippen LogP contribution in [0.15, 0.2) is 18.2 Å². The van der Waals surface area contributed by atoms with Gasteiger partial charge in [0.05, 0.1) is 0 Å². The number of ether oxygens (including phenoxy) is 1. The van der Waals surface area contributed by atoms with Crippen LogP contribution in [0.3, 0.4) is 0 Å². The number of primary amides is 1. The predicted molar refractivity (Wildman–Crippen MR) is 68.2 cm³/mol. The normalized spacial score (nSPS) is 11.7. The maximum absolute atomic E-state index is 11.5. The Balaban J connectivity index is 2.50. The van der Waals surface area contributed by atoms with E-state index in [1.165, 1.54) is 6.92 Å². The van der Waals surface area contributed by atoms with Gasteiger partial charge in [0, 0.05) is 0 Å². The fraction of sp³-hybridized carbons (Fsp3) is 0.385. The van der Waals surface area contributed by atoms with E-state index >= 15 is 0 Å². The highest BCUT2D eigenvalue weighted by Crippen LogP contribution is 2.18. The highest BCUT2D eigenvalue weighted by Gasteiger charge is 2.12. The van der Waals surface area contributed by atoms with Crippen molar-refractivity contribution in [1.82, 2.24) is 5.32 Å². The van der Waals surface area contributed by atoms with Gasteiger partial charge in [0.25, 0.3) is 5.91 Å². The fourth-order valence-corrected chi connectivity index (χ4v) is 1.46. The first-order chi connectivity index (χ1) is 8.40. The molecule has 2 amide bonds. The van der Waals surface area contributed by atoms with Crippen LogP contribution in [-0.2, 0) is 9.59 Å². The molecule has 0 aliphatic carbocycles. The van der Waals surface area contributed by atoms with E-state index < -0.39 is 11.9 Å². The summed E-state index contributed by atoms with van der Waals surface area (Å²) in [4.78, 5) is 22.2. The zero-order chi connectivity index (χ0) is 13.7. The van der Waals surface area contributed by atoms with Gasteiger partial charge in [-0.25, -0.2) is 0 Å². The van der Waals surface area contributed by atoms with E-state index in [1.807, 2.05) is 32.0 Å². The van der Waals surface area contributed by atoms with Crippen LogP contribution in [0.1, 0.15) is 18.1 Å². The second-order valence-corrected chi connectivity index (χ2v) is 4.25. The maximum atomic E-state index is 11.5. The first kappa shape index (κ1) is 14.0. The molecule has 1 aromatic rings. The van der Waals surface area contributed by atoms with Crippen molar-refractivity contribution in [1.29, 1.82) is 0 Å². The van der Waals surface area contributed by atoms with Gasteiger partial charge in [-0.3, -0.25) is 9.59 Å². The van der Waals surface area contributed by atoms with E-state index in [0.29, 0.717) is 5.75 Å². The zero-order valence-electron chi connectivity index (χ0n) is 10.8. The standard InChI is InChI=1S/C13H18N2O3/c1-8-4-5-11(9(2)6-8)18-7-12(16)15-10(3)13(14)17/h4-6,10H,7H2,1-3H3,(H2,14,17)(H,15,16). The lowest BCUT2D eigenvalue weighted by molar-refractivity contribution is -0.128. The molecule has 0 aliphatic rings. The highest BCUT2D eigenvalue weighted by molar-refractivity contribution is 5.86. The van der Waals surface area contributed by atoms with Crippen LogP contribution in [-0.4, -0.2) is 24.5 Å². The number of carbonyl (C=O) groups is 2. The monoisotopic (exact) mass is 250 g/mol. The molecule has 0 spiro atoms. The van der Waals surface area contributed by atoms with Crippen LogP contribution in [0.4, 0.5) is 0 Å². The second-order valence-electron chi connectivity index (χ2n) is 4.25. The number of hydrogen-bond donors (Lipinski definition) is 2. The molecule has 5 heteroatoms. The molecule has 0 aromatic heterocycles. The molecule has 0 fully saturated rings. The van der Waals surface area contributed by atoms with E-state index in [4.69, 9.17) is 10.5 Å². The molecule has 1 rings (SSSR count). The lowest BCUT2D eigenvalue weighted by Gasteiger charge is -2.12. The second kappa shape index (κ2) is 6.05. The molecule has 0 saturated heterocycles. The van der Waals surface area contributed by atoms with Crippen molar-refractivity contribution < 1.29 is 14.3 Å². The Morgan fingerprint density at radius 3 is 2.61 bits per heavy atom. The molecule has 0 saturated carbocycles. The molecule has 5 nitrogen and oxygen atoms in total. The lowest BCUT2D eigenvalue weighted by atomic mass is 10.1. The Kier molecular flexibility index (Phi) is 4.71. The van der Waals surface area contributed by atoms with Crippen molar-refractivity contribution in [2.45, 2.75) is 26.8 Å². The molecule has 1 aromatic carbocycles. The summed E-state index contributed by atoms with van der Waals surface area (Å²) in [7, 11) is 0. The number of carbonyl (C=O) groups excluding carboxylic acids is 2. The van der Waals surface area contributed by atoms with Crippen LogP contribution in [0, 0.1) is 13.8 Å². The Morgan fingerprint density at radius 2 is 2.06 bits per heavy atom. The molecule has 0 radical (unpaired) electrons. The highest BCUT2D eigenvalue weighted by atomic mass is 16.5. The average molecular weight is 250 g/mol. The van der Waals surface area contributed by atoms with Crippen LogP contribution in [0.25, 0.3) is 0 Å². The quantitative estimate of drug-likeness (QED) is 0.806. The number of nitrogens with two attached hydrogens (primary N) is 1. The Hall–Kier alpha value is -2.04. The minimum absolute atomic E-state index is 0.137. The van der Waals surface area contributed by atoms with E-state index in [1.54, 1.807) is 0 Å². The summed E-state index contributed by atoms with van der Waals surface area (Å²) in [5, 5.41) is 2.44. The lowest BCUT2D eigenvalue weighted by Crippen LogP contribution is -2.44. The molecule has 1 unspecified atom stereocenters. The molecule has 0 bridgehead atoms. The Labute approximate surface area is 106 Å². The molecule has 1 atom stereocenters. The number of rotatable bonds is 5. The SMILES string of the molecule is Cc1ccc(OCC(=O)NC(C)C(N)=O)c(C)c1. The van der Waals surface area contributed by atoms with Gasteiger partial charge < -0.3 is 15.8 Å². The third-order valence-corrected chi connectivity index (χ3v) is 2.49. The van der Waals surface area contributed by atoms with Crippen LogP contribution < -0.4 is 15.8 Å². The molecule has 0 aliphatic heterocycles. The summed E-state index contributed by atoms with van der Waals surface area (Å²) in [6, 6.07) is 5.00. The zero-order valence-corrected chi connectivity index (χ0v) is 10.8. The minimum atomic E-state index is -0.694. The van der Waals surface area contributed by atoms with E-state index in [9.17, 15) is 9.59 Å². The number of nitrogens with one attached hydrogen (secondary N) is 1. The van der Waals surface area contributed by atoms with Gasteiger partial charge in [-0.2, -0.15) is 0 Å². The smallest absolute Gasteiger partial charge is 0.258 e.